The maximum atomic E-state index is 13.3. The fourth-order valence-electron chi connectivity index (χ4n) is 5.30. The normalized spacial score (nSPS) is 14.5. The quantitative estimate of drug-likeness (QED) is 0.285. The van der Waals surface area contributed by atoms with Crippen LogP contribution in [0.4, 0.5) is 11.4 Å². The van der Waals surface area contributed by atoms with Crippen molar-refractivity contribution in [1.29, 1.82) is 0 Å². The van der Waals surface area contributed by atoms with E-state index in [0.717, 1.165) is 56.2 Å². The van der Waals surface area contributed by atoms with Crippen LogP contribution in [0.3, 0.4) is 0 Å². The number of aromatic nitrogens is 4. The number of hydrogen-bond acceptors (Lipinski definition) is 5. The molecule has 184 valence electrons. The molecule has 7 nitrogen and oxygen atoms in total. The van der Waals surface area contributed by atoms with Gasteiger partial charge in [0, 0.05) is 48.6 Å². The van der Waals surface area contributed by atoms with Gasteiger partial charge in [0.05, 0.1) is 32.7 Å². The lowest BCUT2D eigenvalue weighted by Gasteiger charge is -2.30. The van der Waals surface area contributed by atoms with Gasteiger partial charge in [0.25, 0.3) is 5.91 Å². The Labute approximate surface area is 214 Å². The van der Waals surface area contributed by atoms with Crippen molar-refractivity contribution in [2.75, 3.05) is 12.4 Å². The molecule has 0 radical (unpaired) electrons. The Morgan fingerprint density at radius 2 is 1.97 bits per heavy atom. The molecule has 8 heteroatoms. The summed E-state index contributed by atoms with van der Waals surface area (Å²) in [5.74, 6) is 0.476. The smallest absolute Gasteiger partial charge is 0.289 e. The van der Waals surface area contributed by atoms with Crippen molar-refractivity contribution in [2.24, 2.45) is 7.05 Å². The van der Waals surface area contributed by atoms with Crippen LogP contribution in [0.5, 0.6) is 0 Å². The van der Waals surface area contributed by atoms with Crippen LogP contribution >= 0.6 is 11.3 Å². The molecule has 1 saturated carbocycles. The first-order chi connectivity index (χ1) is 17.5. The van der Waals surface area contributed by atoms with E-state index in [1.165, 1.54) is 24.6 Å². The highest BCUT2D eigenvalue weighted by molar-refractivity contribution is 7.22. The molecule has 1 aromatic carbocycles. The molecular formula is C28H30N6OS. The van der Waals surface area contributed by atoms with Gasteiger partial charge in [0.15, 0.2) is 5.82 Å². The van der Waals surface area contributed by atoms with Crippen molar-refractivity contribution in [3.63, 3.8) is 0 Å². The number of amides is 1. The highest BCUT2D eigenvalue weighted by atomic mass is 32.1. The summed E-state index contributed by atoms with van der Waals surface area (Å²) >= 11 is 1.66. The molecule has 1 amide bonds. The van der Waals surface area contributed by atoms with Crippen LogP contribution in [0.2, 0.25) is 0 Å². The predicted molar refractivity (Wildman–Crippen MR) is 147 cm³/mol. The lowest BCUT2D eigenvalue weighted by molar-refractivity contribution is 0.0680. The largest absolute Gasteiger partial charge is 0.359 e. The molecule has 0 bridgehead atoms. The van der Waals surface area contributed by atoms with Crippen LogP contribution in [0.15, 0.2) is 48.8 Å². The molecule has 1 aliphatic rings. The summed E-state index contributed by atoms with van der Waals surface area (Å²) in [6, 6.07) is 12.9. The number of nitrogens with one attached hydrogen (secondary N) is 2. The zero-order valence-electron chi connectivity index (χ0n) is 20.8. The van der Waals surface area contributed by atoms with Crippen LogP contribution in [-0.4, -0.2) is 43.4 Å². The summed E-state index contributed by atoms with van der Waals surface area (Å²) in [7, 11) is 3.84. The molecule has 4 aromatic heterocycles. The third kappa shape index (κ3) is 4.05. The van der Waals surface area contributed by atoms with Gasteiger partial charge in [0.1, 0.15) is 0 Å². The molecule has 2 N–H and O–H groups in total. The molecule has 6 rings (SSSR count). The second-order valence-corrected chi connectivity index (χ2v) is 10.8. The Morgan fingerprint density at radius 3 is 2.81 bits per heavy atom. The number of imidazole rings is 1. The third-order valence-corrected chi connectivity index (χ3v) is 8.50. The van der Waals surface area contributed by atoms with Gasteiger partial charge in [-0.15, -0.1) is 11.3 Å². The van der Waals surface area contributed by atoms with Crippen LogP contribution in [0.1, 0.15) is 48.4 Å². The topological polar surface area (TPSA) is 78.8 Å². The number of rotatable bonds is 5. The van der Waals surface area contributed by atoms with Crippen molar-refractivity contribution in [1.82, 2.24) is 24.4 Å². The SMILES string of the molecule is Cc1cc2cc(Nc3ccnc4cc(-c5cnc(C(=O)N(C)C6CCCCC6)n5C)sc34)ccc2[nH]1. The molecule has 0 spiro atoms. The minimum Gasteiger partial charge on any atom is -0.359 e. The van der Waals surface area contributed by atoms with Crippen molar-refractivity contribution < 1.29 is 4.79 Å². The zero-order valence-corrected chi connectivity index (χ0v) is 21.7. The number of nitrogens with zero attached hydrogens (tertiary/aromatic N) is 4. The molecule has 5 aromatic rings. The van der Waals surface area contributed by atoms with Crippen LogP contribution in [0, 0.1) is 6.92 Å². The summed E-state index contributed by atoms with van der Waals surface area (Å²) in [5, 5.41) is 4.76. The number of thiophene rings is 1. The van der Waals surface area contributed by atoms with E-state index in [1.807, 2.05) is 42.0 Å². The van der Waals surface area contributed by atoms with E-state index < -0.39 is 0 Å². The molecular weight excluding hydrogens is 468 g/mol. The van der Waals surface area contributed by atoms with Crippen LogP contribution in [-0.2, 0) is 7.05 Å². The zero-order chi connectivity index (χ0) is 24.8. The van der Waals surface area contributed by atoms with E-state index in [2.05, 4.69) is 57.5 Å². The van der Waals surface area contributed by atoms with Gasteiger partial charge in [-0.3, -0.25) is 9.78 Å². The van der Waals surface area contributed by atoms with Crippen LogP contribution in [0.25, 0.3) is 31.7 Å². The average Bonchev–Trinajstić information content (AvgIpc) is 3.59. The van der Waals surface area contributed by atoms with E-state index in [0.29, 0.717) is 11.9 Å². The Kier molecular flexibility index (Phi) is 5.76. The molecule has 0 unspecified atom stereocenters. The van der Waals surface area contributed by atoms with Gasteiger partial charge in [0.2, 0.25) is 0 Å². The molecule has 0 saturated heterocycles. The van der Waals surface area contributed by atoms with Crippen molar-refractivity contribution >= 4 is 49.7 Å². The van der Waals surface area contributed by atoms with Gasteiger partial charge < -0.3 is 19.8 Å². The lowest BCUT2D eigenvalue weighted by atomic mass is 9.94. The van der Waals surface area contributed by atoms with Crippen molar-refractivity contribution in [3.05, 3.63) is 60.3 Å². The second-order valence-electron chi connectivity index (χ2n) is 9.80. The number of H-pyrrole nitrogens is 1. The van der Waals surface area contributed by atoms with Gasteiger partial charge in [-0.05, 0) is 56.2 Å². The van der Waals surface area contributed by atoms with E-state index in [9.17, 15) is 4.79 Å². The first kappa shape index (κ1) is 22.8. The Morgan fingerprint density at radius 1 is 1.14 bits per heavy atom. The van der Waals surface area contributed by atoms with Crippen molar-refractivity contribution in [2.45, 2.75) is 45.1 Å². The van der Waals surface area contributed by atoms with E-state index in [-0.39, 0.29) is 5.91 Å². The summed E-state index contributed by atoms with van der Waals surface area (Å²) in [5.41, 5.74) is 6.17. The monoisotopic (exact) mass is 498 g/mol. The van der Waals surface area contributed by atoms with E-state index in [4.69, 9.17) is 0 Å². The number of carbonyl (C=O) groups is 1. The molecule has 4 heterocycles. The molecule has 0 aliphatic heterocycles. The molecule has 1 aliphatic carbocycles. The average molecular weight is 499 g/mol. The van der Waals surface area contributed by atoms with Gasteiger partial charge >= 0.3 is 0 Å². The number of carbonyl (C=O) groups excluding carboxylic acids is 1. The summed E-state index contributed by atoms with van der Waals surface area (Å²) in [6.45, 7) is 2.07. The highest BCUT2D eigenvalue weighted by Gasteiger charge is 2.26. The Balaban J connectivity index is 1.29. The molecule has 1 fully saturated rings. The maximum Gasteiger partial charge on any atom is 0.289 e. The second kappa shape index (κ2) is 9.09. The minimum absolute atomic E-state index is 0.00683. The Bertz CT molecular complexity index is 1570. The van der Waals surface area contributed by atoms with E-state index >= 15 is 0 Å². The standard InChI is InChI=1S/C28H30N6OS/c1-17-13-18-14-19(9-10-21(18)31-17)32-22-11-12-29-23-15-25(36-26(22)23)24-16-30-27(34(24)3)28(35)33(2)20-7-5-4-6-8-20/h9-16,20,31H,4-8H2,1-3H3,(H,29,32). The summed E-state index contributed by atoms with van der Waals surface area (Å²) in [6.07, 6.45) is 9.44. The number of aryl methyl sites for hydroxylation is 1. The minimum atomic E-state index is -0.00683. The number of benzene rings is 1. The fourth-order valence-corrected chi connectivity index (χ4v) is 6.43. The Hall–Kier alpha value is -3.65. The van der Waals surface area contributed by atoms with Crippen LogP contribution < -0.4 is 5.32 Å². The van der Waals surface area contributed by atoms with E-state index in [1.54, 1.807) is 11.3 Å². The maximum absolute atomic E-state index is 13.3. The first-order valence-corrected chi connectivity index (χ1v) is 13.3. The molecule has 36 heavy (non-hydrogen) atoms. The number of pyridine rings is 1. The molecule has 0 atom stereocenters. The number of aromatic amines is 1. The highest BCUT2D eigenvalue weighted by Crippen LogP contribution is 2.38. The number of anilines is 2. The van der Waals surface area contributed by atoms with Gasteiger partial charge in [-0.2, -0.15) is 0 Å². The fraction of sp³-hybridized carbons (Fsp3) is 0.321. The summed E-state index contributed by atoms with van der Waals surface area (Å²) < 4.78 is 2.99. The first-order valence-electron chi connectivity index (χ1n) is 12.5. The third-order valence-electron chi connectivity index (χ3n) is 7.32. The van der Waals surface area contributed by atoms with Gasteiger partial charge in [-0.25, -0.2) is 4.98 Å². The van der Waals surface area contributed by atoms with Crippen molar-refractivity contribution in [3.8, 4) is 10.6 Å². The summed E-state index contributed by atoms with van der Waals surface area (Å²) in [4.78, 5) is 28.7. The number of hydrogen-bond donors (Lipinski definition) is 2. The van der Waals surface area contributed by atoms with Gasteiger partial charge in [-0.1, -0.05) is 19.3 Å². The number of fused-ring (bicyclic) bond motifs is 2. The predicted octanol–water partition coefficient (Wildman–Crippen LogP) is 6.63. The lowest BCUT2D eigenvalue weighted by Crippen LogP contribution is -2.39.